The van der Waals surface area contributed by atoms with Crippen LogP contribution in [-0.4, -0.2) is 13.6 Å². The Balaban J connectivity index is 2.02. The summed E-state index contributed by atoms with van der Waals surface area (Å²) in [5, 5.41) is 0. The second-order valence-electron chi connectivity index (χ2n) is 4.65. The molecule has 2 nitrogen and oxygen atoms in total. The highest BCUT2D eigenvalue weighted by atomic mass is 79.9. The van der Waals surface area contributed by atoms with Gasteiger partial charge in [0.05, 0.1) is 5.69 Å². The Hall–Kier alpha value is -1.32. The number of anilines is 1. The van der Waals surface area contributed by atoms with E-state index in [-0.39, 0.29) is 0 Å². The quantitative estimate of drug-likeness (QED) is 0.912. The van der Waals surface area contributed by atoms with Gasteiger partial charge in [0.15, 0.2) is 0 Å². The Kier molecular flexibility index (Phi) is 5.00. The van der Waals surface area contributed by atoms with Gasteiger partial charge in [0.2, 0.25) is 0 Å². The monoisotopic (exact) mass is 318 g/mol. The third-order valence-corrected chi connectivity index (χ3v) is 3.87. The van der Waals surface area contributed by atoms with E-state index in [4.69, 9.17) is 5.73 Å². The van der Waals surface area contributed by atoms with E-state index in [1.54, 1.807) is 0 Å². The van der Waals surface area contributed by atoms with Crippen LogP contribution in [0.25, 0.3) is 0 Å². The zero-order valence-corrected chi connectivity index (χ0v) is 12.7. The summed E-state index contributed by atoms with van der Waals surface area (Å²) in [6, 6.07) is 16.9. The van der Waals surface area contributed by atoms with Crippen LogP contribution in [-0.2, 0) is 13.0 Å². The number of rotatable bonds is 5. The van der Waals surface area contributed by atoms with Crippen LogP contribution in [0.2, 0.25) is 0 Å². The molecule has 0 atom stereocenters. The molecule has 0 fully saturated rings. The molecule has 19 heavy (non-hydrogen) atoms. The van der Waals surface area contributed by atoms with Crippen LogP contribution in [0, 0.1) is 0 Å². The molecule has 0 aliphatic rings. The van der Waals surface area contributed by atoms with Crippen LogP contribution in [0.3, 0.4) is 0 Å². The number of benzene rings is 2. The average Bonchev–Trinajstić information content (AvgIpc) is 2.45. The maximum atomic E-state index is 5.65. The van der Waals surface area contributed by atoms with Crippen LogP contribution in [0.4, 0.5) is 5.69 Å². The second kappa shape index (κ2) is 6.73. The average molecular weight is 319 g/mol. The molecule has 0 amide bonds. The van der Waals surface area contributed by atoms with Crippen molar-refractivity contribution in [2.24, 2.45) is 5.73 Å². The molecular formula is C16H19BrN2. The number of nitrogens with zero attached hydrogens (tertiary/aromatic N) is 1. The molecule has 0 aromatic heterocycles. The van der Waals surface area contributed by atoms with Crippen molar-refractivity contribution in [3.05, 3.63) is 64.1 Å². The van der Waals surface area contributed by atoms with Gasteiger partial charge in [-0.05, 0) is 45.6 Å². The van der Waals surface area contributed by atoms with Gasteiger partial charge < -0.3 is 10.6 Å². The molecule has 0 saturated heterocycles. The summed E-state index contributed by atoms with van der Waals surface area (Å²) >= 11 is 3.62. The van der Waals surface area contributed by atoms with Crippen LogP contribution < -0.4 is 10.6 Å². The van der Waals surface area contributed by atoms with Gasteiger partial charge >= 0.3 is 0 Å². The van der Waals surface area contributed by atoms with Crippen molar-refractivity contribution in [3.63, 3.8) is 0 Å². The molecule has 2 aromatic rings. The van der Waals surface area contributed by atoms with Crippen LogP contribution in [0.1, 0.15) is 11.1 Å². The van der Waals surface area contributed by atoms with E-state index in [1.165, 1.54) is 11.3 Å². The molecule has 3 heteroatoms. The summed E-state index contributed by atoms with van der Waals surface area (Å²) < 4.78 is 1.10. The van der Waals surface area contributed by atoms with E-state index in [1.807, 2.05) is 0 Å². The standard InChI is InChI=1S/C16H19BrN2/c1-19(10-9-13-5-3-2-4-6-13)16-8-7-14(12-18)11-15(16)17/h2-8,11H,9-10,12,18H2,1H3. The van der Waals surface area contributed by atoms with Gasteiger partial charge in [0.1, 0.15) is 0 Å². The van der Waals surface area contributed by atoms with Crippen LogP contribution >= 0.6 is 15.9 Å². The summed E-state index contributed by atoms with van der Waals surface area (Å²) in [4.78, 5) is 2.26. The SMILES string of the molecule is CN(CCc1ccccc1)c1ccc(CN)cc1Br. The molecule has 0 unspecified atom stereocenters. The van der Waals surface area contributed by atoms with Crippen LogP contribution in [0.15, 0.2) is 53.0 Å². The molecule has 2 aromatic carbocycles. The topological polar surface area (TPSA) is 29.3 Å². The minimum Gasteiger partial charge on any atom is -0.373 e. The van der Waals surface area contributed by atoms with Crippen molar-refractivity contribution in [3.8, 4) is 0 Å². The first kappa shape index (κ1) is 14.1. The molecule has 0 heterocycles. The van der Waals surface area contributed by atoms with E-state index in [9.17, 15) is 0 Å². The van der Waals surface area contributed by atoms with E-state index in [0.717, 1.165) is 23.0 Å². The van der Waals surface area contributed by atoms with E-state index >= 15 is 0 Å². The summed E-state index contributed by atoms with van der Waals surface area (Å²) in [6.07, 6.45) is 1.04. The lowest BCUT2D eigenvalue weighted by atomic mass is 10.1. The summed E-state index contributed by atoms with van der Waals surface area (Å²) in [5.74, 6) is 0. The fourth-order valence-corrected chi connectivity index (χ4v) is 2.78. The molecule has 2 rings (SSSR count). The first-order chi connectivity index (χ1) is 9.20. The zero-order valence-electron chi connectivity index (χ0n) is 11.1. The fraction of sp³-hybridized carbons (Fsp3) is 0.250. The highest BCUT2D eigenvalue weighted by Gasteiger charge is 2.06. The van der Waals surface area contributed by atoms with Crippen molar-refractivity contribution in [1.82, 2.24) is 0 Å². The van der Waals surface area contributed by atoms with Crippen LogP contribution in [0.5, 0.6) is 0 Å². The van der Waals surface area contributed by atoms with Crippen molar-refractivity contribution in [2.45, 2.75) is 13.0 Å². The molecule has 0 bridgehead atoms. The summed E-state index contributed by atoms with van der Waals surface area (Å²) in [6.45, 7) is 1.57. The summed E-state index contributed by atoms with van der Waals surface area (Å²) in [7, 11) is 2.12. The molecule has 2 N–H and O–H groups in total. The lowest BCUT2D eigenvalue weighted by Crippen LogP contribution is -2.20. The van der Waals surface area contributed by atoms with E-state index in [0.29, 0.717) is 6.54 Å². The number of likely N-dealkylation sites (N-methyl/N-ethyl adjacent to an activating group) is 1. The maximum absolute atomic E-state index is 5.65. The minimum absolute atomic E-state index is 0.576. The Labute approximate surface area is 123 Å². The highest BCUT2D eigenvalue weighted by Crippen LogP contribution is 2.26. The number of hydrogen-bond acceptors (Lipinski definition) is 2. The highest BCUT2D eigenvalue weighted by molar-refractivity contribution is 9.10. The van der Waals surface area contributed by atoms with Gasteiger partial charge in [-0.1, -0.05) is 36.4 Å². The molecule has 0 radical (unpaired) electrons. The predicted octanol–water partition coefficient (Wildman–Crippen LogP) is 3.59. The largest absolute Gasteiger partial charge is 0.373 e. The Morgan fingerprint density at radius 1 is 1.05 bits per heavy atom. The van der Waals surface area contributed by atoms with Gasteiger partial charge in [-0.3, -0.25) is 0 Å². The zero-order chi connectivity index (χ0) is 13.7. The number of hydrogen-bond donors (Lipinski definition) is 1. The first-order valence-corrected chi connectivity index (χ1v) is 7.23. The van der Waals surface area contributed by atoms with Crippen molar-refractivity contribution >= 4 is 21.6 Å². The number of nitrogens with two attached hydrogens (primary N) is 1. The van der Waals surface area contributed by atoms with E-state index < -0.39 is 0 Å². The lowest BCUT2D eigenvalue weighted by molar-refractivity contribution is 0.873. The third-order valence-electron chi connectivity index (χ3n) is 3.24. The Bertz CT molecular complexity index is 526. The molecule has 0 aliphatic carbocycles. The van der Waals surface area contributed by atoms with Gasteiger partial charge in [-0.15, -0.1) is 0 Å². The Morgan fingerprint density at radius 2 is 1.79 bits per heavy atom. The lowest BCUT2D eigenvalue weighted by Gasteiger charge is -2.21. The second-order valence-corrected chi connectivity index (χ2v) is 5.50. The Morgan fingerprint density at radius 3 is 2.42 bits per heavy atom. The van der Waals surface area contributed by atoms with Crippen molar-refractivity contribution in [2.75, 3.05) is 18.5 Å². The fourth-order valence-electron chi connectivity index (χ4n) is 2.05. The predicted molar refractivity (Wildman–Crippen MR) is 85.4 cm³/mol. The van der Waals surface area contributed by atoms with Crippen molar-refractivity contribution in [1.29, 1.82) is 0 Å². The molecule has 0 saturated carbocycles. The first-order valence-electron chi connectivity index (χ1n) is 6.44. The number of halogens is 1. The molecular weight excluding hydrogens is 300 g/mol. The molecule has 100 valence electrons. The smallest absolute Gasteiger partial charge is 0.0508 e. The van der Waals surface area contributed by atoms with E-state index in [2.05, 4.69) is 76.4 Å². The summed E-state index contributed by atoms with van der Waals surface area (Å²) in [5.41, 5.74) is 9.36. The maximum Gasteiger partial charge on any atom is 0.0508 e. The van der Waals surface area contributed by atoms with Crippen molar-refractivity contribution < 1.29 is 0 Å². The van der Waals surface area contributed by atoms with Gasteiger partial charge in [-0.25, -0.2) is 0 Å². The van der Waals surface area contributed by atoms with Gasteiger partial charge in [0.25, 0.3) is 0 Å². The third kappa shape index (κ3) is 3.82. The van der Waals surface area contributed by atoms with Gasteiger partial charge in [-0.2, -0.15) is 0 Å². The minimum atomic E-state index is 0.576. The molecule has 0 aliphatic heterocycles. The van der Waals surface area contributed by atoms with Gasteiger partial charge in [0, 0.05) is 24.6 Å². The molecule has 0 spiro atoms. The normalized spacial score (nSPS) is 10.5.